The summed E-state index contributed by atoms with van der Waals surface area (Å²) in [5, 5.41) is 8.93. The van der Waals surface area contributed by atoms with Crippen molar-refractivity contribution in [1.29, 1.82) is 0 Å². The molecule has 0 aromatic heterocycles. The molecule has 24 heavy (non-hydrogen) atoms. The van der Waals surface area contributed by atoms with Crippen LogP contribution in [0.3, 0.4) is 0 Å². The lowest BCUT2D eigenvalue weighted by atomic mass is 9.99. The summed E-state index contributed by atoms with van der Waals surface area (Å²) in [6.07, 6.45) is 12.7. The third kappa shape index (κ3) is 6.93. The van der Waals surface area contributed by atoms with E-state index in [2.05, 4.69) is 53.7 Å². The zero-order valence-corrected chi connectivity index (χ0v) is 16.7. The van der Waals surface area contributed by atoms with Gasteiger partial charge in [-0.05, 0) is 83.0 Å². The fourth-order valence-electron chi connectivity index (χ4n) is 3.42. The summed E-state index contributed by atoms with van der Waals surface area (Å²) in [7, 11) is 0. The summed E-state index contributed by atoms with van der Waals surface area (Å²) in [6.45, 7) is 13.4. The van der Waals surface area contributed by atoms with Crippen LogP contribution < -0.4 is 0 Å². The van der Waals surface area contributed by atoms with E-state index in [1.54, 1.807) is 0 Å². The molecule has 0 spiro atoms. The Hall–Kier alpha value is -0.890. The first-order valence-electron chi connectivity index (χ1n) is 9.50. The lowest BCUT2D eigenvalue weighted by molar-refractivity contribution is -0.109. The molecule has 2 fully saturated rings. The third-order valence-electron chi connectivity index (χ3n) is 5.88. The Morgan fingerprint density at radius 3 is 1.79 bits per heavy atom. The molecule has 0 aromatic carbocycles. The van der Waals surface area contributed by atoms with Crippen molar-refractivity contribution in [2.45, 2.75) is 80.1 Å². The summed E-state index contributed by atoms with van der Waals surface area (Å²) in [5.74, 6) is 0.936. The quantitative estimate of drug-likeness (QED) is 0.456. The third-order valence-corrected chi connectivity index (χ3v) is 5.88. The molecule has 0 bridgehead atoms. The Morgan fingerprint density at radius 1 is 0.958 bits per heavy atom. The van der Waals surface area contributed by atoms with Gasteiger partial charge in [0.2, 0.25) is 0 Å². The normalized spacial score (nSPS) is 33.0. The molecule has 4 unspecified atom stereocenters. The number of allylic oxidation sites excluding steroid dienone is 4. The highest BCUT2D eigenvalue weighted by Crippen LogP contribution is 2.55. The molecular weight excluding hydrogens is 296 g/mol. The average molecular weight is 335 g/mol. The largest absolute Gasteiger partial charge is 0.396 e. The van der Waals surface area contributed by atoms with Crippen LogP contribution in [-0.2, 0) is 4.79 Å². The number of aliphatic hydroxyl groups is 1. The topological polar surface area (TPSA) is 37.3 Å². The number of aliphatic hydroxyl groups excluding tert-OH is 1. The van der Waals surface area contributed by atoms with Crippen LogP contribution in [0, 0.1) is 22.7 Å². The van der Waals surface area contributed by atoms with Crippen LogP contribution in [0.25, 0.3) is 0 Å². The van der Waals surface area contributed by atoms with Crippen molar-refractivity contribution in [1.82, 2.24) is 0 Å². The monoisotopic (exact) mass is 334 g/mol. The van der Waals surface area contributed by atoms with Gasteiger partial charge >= 0.3 is 0 Å². The van der Waals surface area contributed by atoms with Crippen LogP contribution in [0.1, 0.15) is 80.1 Å². The van der Waals surface area contributed by atoms with E-state index < -0.39 is 0 Å². The Kier molecular flexibility index (Phi) is 7.92. The maximum atomic E-state index is 10.5. The predicted molar refractivity (Wildman–Crippen MR) is 103 cm³/mol. The van der Waals surface area contributed by atoms with Crippen LogP contribution in [0.4, 0.5) is 0 Å². The van der Waals surface area contributed by atoms with Crippen molar-refractivity contribution in [2.75, 3.05) is 6.61 Å². The van der Waals surface area contributed by atoms with Crippen molar-refractivity contribution in [3.05, 3.63) is 23.3 Å². The standard InChI is InChI=1S/C11H20O.C11H18O/c2*1-9(2)5-4-6-11(3)7-10(11)8-12/h5,10,12H,4,6-8H2,1-3H3;5,8,10H,4,6-7H2,1-3H3. The van der Waals surface area contributed by atoms with E-state index in [1.165, 1.54) is 36.8 Å². The number of aldehydes is 1. The maximum Gasteiger partial charge on any atom is 0.123 e. The molecule has 138 valence electrons. The van der Waals surface area contributed by atoms with Gasteiger partial charge in [0, 0.05) is 12.5 Å². The van der Waals surface area contributed by atoms with Gasteiger partial charge in [-0.1, -0.05) is 37.1 Å². The highest BCUT2D eigenvalue weighted by Gasteiger charge is 2.49. The zero-order valence-electron chi connectivity index (χ0n) is 16.7. The minimum Gasteiger partial charge on any atom is -0.396 e. The summed E-state index contributed by atoms with van der Waals surface area (Å²) >= 11 is 0. The highest BCUT2D eigenvalue weighted by atomic mass is 16.3. The summed E-state index contributed by atoms with van der Waals surface area (Å²) in [5.41, 5.74) is 3.58. The van der Waals surface area contributed by atoms with Gasteiger partial charge in [0.1, 0.15) is 6.29 Å². The van der Waals surface area contributed by atoms with E-state index in [1.807, 2.05) is 0 Å². The Bertz CT molecular complexity index is 468. The molecule has 0 radical (unpaired) electrons. The first kappa shape index (κ1) is 21.2. The molecule has 0 aliphatic heterocycles. The van der Waals surface area contributed by atoms with Crippen LogP contribution in [-0.4, -0.2) is 18.0 Å². The van der Waals surface area contributed by atoms with Crippen LogP contribution >= 0.6 is 0 Å². The number of carbonyl (C=O) groups excluding carboxylic acids is 1. The van der Waals surface area contributed by atoms with Gasteiger partial charge < -0.3 is 9.90 Å². The highest BCUT2D eigenvalue weighted by molar-refractivity contribution is 5.59. The molecule has 2 aliphatic carbocycles. The maximum absolute atomic E-state index is 10.5. The molecule has 4 atom stereocenters. The van der Waals surface area contributed by atoms with Gasteiger partial charge in [0.15, 0.2) is 0 Å². The number of hydrogen-bond acceptors (Lipinski definition) is 2. The van der Waals surface area contributed by atoms with Gasteiger partial charge in [-0.3, -0.25) is 0 Å². The number of hydrogen-bond donors (Lipinski definition) is 1. The second kappa shape index (κ2) is 8.99. The van der Waals surface area contributed by atoms with Crippen LogP contribution in [0.5, 0.6) is 0 Å². The van der Waals surface area contributed by atoms with Gasteiger partial charge in [0.05, 0.1) is 0 Å². The number of carbonyl (C=O) groups is 1. The number of rotatable bonds is 8. The minimum atomic E-state index is 0.341. The van der Waals surface area contributed by atoms with Crippen molar-refractivity contribution in [3.63, 3.8) is 0 Å². The first-order valence-corrected chi connectivity index (χ1v) is 9.50. The van der Waals surface area contributed by atoms with Crippen molar-refractivity contribution < 1.29 is 9.90 Å². The molecule has 2 heteroatoms. The molecule has 0 saturated heterocycles. The summed E-state index contributed by atoms with van der Waals surface area (Å²) in [6, 6.07) is 0. The lowest BCUT2D eigenvalue weighted by Gasteiger charge is -2.07. The molecule has 1 N–H and O–H groups in total. The van der Waals surface area contributed by atoms with Gasteiger partial charge in [0.25, 0.3) is 0 Å². The molecule has 2 rings (SSSR count). The molecule has 0 heterocycles. The molecule has 2 saturated carbocycles. The van der Waals surface area contributed by atoms with Crippen LogP contribution in [0.15, 0.2) is 23.3 Å². The van der Waals surface area contributed by atoms with Gasteiger partial charge in [-0.15, -0.1) is 0 Å². The Morgan fingerprint density at radius 2 is 1.46 bits per heavy atom. The Balaban J connectivity index is 0.000000240. The molecular formula is C22H38O2. The lowest BCUT2D eigenvalue weighted by Crippen LogP contribution is -2.00. The molecule has 0 amide bonds. The van der Waals surface area contributed by atoms with Crippen molar-refractivity contribution in [2.24, 2.45) is 22.7 Å². The minimum absolute atomic E-state index is 0.341. The second-order valence-corrected chi connectivity index (χ2v) is 8.98. The summed E-state index contributed by atoms with van der Waals surface area (Å²) in [4.78, 5) is 10.5. The van der Waals surface area contributed by atoms with E-state index in [9.17, 15) is 4.79 Å². The van der Waals surface area contributed by atoms with E-state index in [4.69, 9.17) is 5.11 Å². The van der Waals surface area contributed by atoms with Gasteiger partial charge in [-0.2, -0.15) is 0 Å². The zero-order chi connectivity index (χ0) is 18.4. The predicted octanol–water partition coefficient (Wildman–Crippen LogP) is 5.71. The SMILES string of the molecule is CC(C)=CCCC1(C)CC1C=O.CC(C)=CCCC1(C)CC1CO. The second-order valence-electron chi connectivity index (χ2n) is 8.98. The smallest absolute Gasteiger partial charge is 0.123 e. The van der Waals surface area contributed by atoms with E-state index in [0.29, 0.717) is 29.3 Å². The fourth-order valence-corrected chi connectivity index (χ4v) is 3.42. The van der Waals surface area contributed by atoms with Crippen molar-refractivity contribution in [3.8, 4) is 0 Å². The van der Waals surface area contributed by atoms with E-state index >= 15 is 0 Å². The van der Waals surface area contributed by atoms with Gasteiger partial charge in [-0.25, -0.2) is 0 Å². The molecule has 2 aliphatic rings. The first-order chi connectivity index (χ1) is 11.2. The van der Waals surface area contributed by atoms with E-state index in [0.717, 1.165) is 19.1 Å². The average Bonchev–Trinajstić information content (AvgIpc) is 3.34. The van der Waals surface area contributed by atoms with Crippen molar-refractivity contribution >= 4 is 6.29 Å². The van der Waals surface area contributed by atoms with Crippen LogP contribution in [0.2, 0.25) is 0 Å². The summed E-state index contributed by atoms with van der Waals surface area (Å²) < 4.78 is 0. The molecule has 0 aromatic rings. The van der Waals surface area contributed by atoms with E-state index in [-0.39, 0.29) is 0 Å². The molecule has 2 nitrogen and oxygen atoms in total. The fraction of sp³-hybridized carbons (Fsp3) is 0.773. The Labute approximate surface area is 149 Å².